The van der Waals surface area contributed by atoms with Crippen LogP contribution in [0.5, 0.6) is 11.5 Å². The Labute approximate surface area is 242 Å². The number of ether oxygens (including phenoxy) is 2. The Morgan fingerprint density at radius 1 is 1.02 bits per heavy atom. The van der Waals surface area contributed by atoms with Gasteiger partial charge in [-0.3, -0.25) is 9.59 Å². The largest absolute Gasteiger partial charge is 0.493 e. The summed E-state index contributed by atoms with van der Waals surface area (Å²) in [6.07, 6.45) is -3.68. The third-order valence-electron chi connectivity index (χ3n) is 7.27. The van der Waals surface area contributed by atoms with Crippen LogP contribution in [-0.4, -0.2) is 48.5 Å². The number of alkyl halides is 3. The molecule has 1 aromatic heterocycles. The summed E-state index contributed by atoms with van der Waals surface area (Å²) in [4.78, 5) is 24.5. The Morgan fingerprint density at radius 2 is 1.74 bits per heavy atom. The van der Waals surface area contributed by atoms with Crippen molar-refractivity contribution in [2.75, 3.05) is 20.3 Å². The normalized spacial score (nSPS) is 16.8. The number of rotatable bonds is 9. The maximum atomic E-state index is 14.6. The Balaban J connectivity index is 1.25. The number of hydrogen-bond donors (Lipinski definition) is 1. The van der Waals surface area contributed by atoms with Gasteiger partial charge in [-0.05, 0) is 57.0 Å². The Morgan fingerprint density at radius 3 is 2.42 bits per heavy atom. The van der Waals surface area contributed by atoms with Crippen LogP contribution in [0.2, 0.25) is 0 Å². The standard InChI is InChI=1S/C29H27F5N4O5/c1-28(2)26(15-6-10-20(41-3)25-17(15)14-21(43-25)29(32,33)34)37-38(27(28)40)12-4-5-13-42-19-9-7-16(23(30)24(19)31)18-8-11-22(39)36-35-18/h6-7,9-10,14H,4-5,8,11-13H2,1-3H3,(H,36,39). The molecule has 0 spiro atoms. The number of furan rings is 1. The molecule has 228 valence electrons. The summed E-state index contributed by atoms with van der Waals surface area (Å²) < 4.78 is 85.2. The zero-order valence-electron chi connectivity index (χ0n) is 23.4. The minimum absolute atomic E-state index is 0.0169. The van der Waals surface area contributed by atoms with Crippen molar-refractivity contribution in [3.63, 3.8) is 0 Å². The molecule has 14 heteroatoms. The van der Waals surface area contributed by atoms with Crippen LogP contribution in [-0.2, 0) is 15.8 Å². The minimum atomic E-state index is -4.72. The number of nitrogens with zero attached hydrogens (tertiary/aromatic N) is 3. The van der Waals surface area contributed by atoms with Crippen LogP contribution in [0.25, 0.3) is 11.0 Å². The van der Waals surface area contributed by atoms with Crippen LogP contribution < -0.4 is 14.9 Å². The van der Waals surface area contributed by atoms with Gasteiger partial charge in [0.05, 0.1) is 30.6 Å². The highest BCUT2D eigenvalue weighted by atomic mass is 19.4. The molecule has 0 radical (unpaired) electrons. The van der Waals surface area contributed by atoms with Gasteiger partial charge in [0, 0.05) is 35.9 Å². The van der Waals surface area contributed by atoms with Gasteiger partial charge in [0.25, 0.3) is 5.91 Å². The molecule has 3 aromatic rings. The van der Waals surface area contributed by atoms with Crippen LogP contribution in [0, 0.1) is 17.0 Å². The van der Waals surface area contributed by atoms with Gasteiger partial charge in [-0.1, -0.05) is 0 Å². The zero-order valence-corrected chi connectivity index (χ0v) is 23.4. The zero-order chi connectivity index (χ0) is 31.1. The van der Waals surface area contributed by atoms with E-state index in [0.29, 0.717) is 18.4 Å². The van der Waals surface area contributed by atoms with Gasteiger partial charge in [0.2, 0.25) is 17.5 Å². The summed E-state index contributed by atoms with van der Waals surface area (Å²) in [5.74, 6) is -4.35. The maximum absolute atomic E-state index is 14.6. The van der Waals surface area contributed by atoms with Crippen molar-refractivity contribution in [1.82, 2.24) is 10.4 Å². The molecular formula is C29H27F5N4O5. The van der Waals surface area contributed by atoms with Gasteiger partial charge in [0.15, 0.2) is 22.9 Å². The predicted molar refractivity (Wildman–Crippen MR) is 145 cm³/mol. The predicted octanol–water partition coefficient (Wildman–Crippen LogP) is 5.78. The highest BCUT2D eigenvalue weighted by Gasteiger charge is 2.45. The summed E-state index contributed by atoms with van der Waals surface area (Å²) >= 11 is 0. The van der Waals surface area contributed by atoms with Crippen LogP contribution in [0.4, 0.5) is 22.0 Å². The van der Waals surface area contributed by atoms with Crippen LogP contribution >= 0.6 is 0 Å². The fraction of sp³-hybridized carbons (Fsp3) is 0.379. The number of hydrogen-bond acceptors (Lipinski definition) is 7. The molecule has 2 amide bonds. The number of methoxy groups -OCH3 is 1. The Hall–Kier alpha value is -4.49. The third kappa shape index (κ3) is 5.65. The molecule has 5 rings (SSSR count). The lowest BCUT2D eigenvalue weighted by Crippen LogP contribution is -2.35. The molecule has 0 saturated carbocycles. The number of fused-ring (bicyclic) bond motifs is 1. The smallest absolute Gasteiger partial charge is 0.449 e. The van der Waals surface area contributed by atoms with Crippen LogP contribution in [0.15, 0.2) is 45.0 Å². The van der Waals surface area contributed by atoms with Gasteiger partial charge >= 0.3 is 6.18 Å². The molecule has 0 saturated heterocycles. The van der Waals surface area contributed by atoms with E-state index < -0.39 is 29.0 Å². The van der Waals surface area contributed by atoms with E-state index in [-0.39, 0.29) is 77.3 Å². The van der Waals surface area contributed by atoms with Crippen molar-refractivity contribution >= 4 is 34.2 Å². The summed E-state index contributed by atoms with van der Waals surface area (Å²) in [6, 6.07) is 6.48. The average molecular weight is 607 g/mol. The second-order valence-electron chi connectivity index (χ2n) is 10.6. The van der Waals surface area contributed by atoms with Crippen molar-refractivity contribution in [2.24, 2.45) is 15.6 Å². The third-order valence-corrected chi connectivity index (χ3v) is 7.27. The molecule has 2 aliphatic rings. The van der Waals surface area contributed by atoms with Crippen molar-refractivity contribution in [1.29, 1.82) is 0 Å². The molecule has 0 atom stereocenters. The van der Waals surface area contributed by atoms with E-state index in [4.69, 9.17) is 13.9 Å². The molecule has 3 heterocycles. The molecule has 9 nitrogen and oxygen atoms in total. The molecule has 0 bridgehead atoms. The van der Waals surface area contributed by atoms with Crippen LogP contribution in [0.3, 0.4) is 0 Å². The van der Waals surface area contributed by atoms with E-state index >= 15 is 0 Å². The van der Waals surface area contributed by atoms with Crippen LogP contribution in [0.1, 0.15) is 56.4 Å². The molecular weight excluding hydrogens is 579 g/mol. The first kappa shape index (κ1) is 30.0. The average Bonchev–Trinajstić information content (AvgIpc) is 3.51. The highest BCUT2D eigenvalue weighted by Crippen LogP contribution is 2.41. The van der Waals surface area contributed by atoms with E-state index in [1.165, 1.54) is 36.4 Å². The summed E-state index contributed by atoms with van der Waals surface area (Å²) in [6.45, 7) is 3.44. The Bertz CT molecular complexity index is 1660. The topological polar surface area (TPSA) is 106 Å². The summed E-state index contributed by atoms with van der Waals surface area (Å²) in [5.41, 5.74) is 1.73. The first-order valence-corrected chi connectivity index (χ1v) is 13.4. The van der Waals surface area contributed by atoms with E-state index in [1.54, 1.807) is 13.8 Å². The van der Waals surface area contributed by atoms with Crippen molar-refractivity contribution < 1.29 is 45.4 Å². The number of halogens is 5. The second kappa shape index (κ2) is 11.3. The van der Waals surface area contributed by atoms with E-state index in [1.807, 2.05) is 0 Å². The fourth-order valence-corrected chi connectivity index (χ4v) is 4.94. The highest BCUT2D eigenvalue weighted by molar-refractivity contribution is 6.23. The molecule has 2 aliphatic heterocycles. The molecule has 43 heavy (non-hydrogen) atoms. The lowest BCUT2D eigenvalue weighted by molar-refractivity contribution is -0.152. The maximum Gasteiger partial charge on any atom is 0.449 e. The minimum Gasteiger partial charge on any atom is -0.493 e. The molecule has 0 unspecified atom stereocenters. The molecule has 0 aliphatic carbocycles. The van der Waals surface area contributed by atoms with Gasteiger partial charge in [0.1, 0.15) is 0 Å². The lowest BCUT2D eigenvalue weighted by atomic mass is 9.82. The van der Waals surface area contributed by atoms with Crippen molar-refractivity contribution in [3.8, 4) is 11.5 Å². The number of hydrazone groups is 2. The molecule has 2 aromatic carbocycles. The van der Waals surface area contributed by atoms with Gasteiger partial charge in [-0.25, -0.2) is 14.8 Å². The number of carbonyl (C=O) groups is 2. The summed E-state index contributed by atoms with van der Waals surface area (Å²) in [7, 11) is 1.31. The first-order valence-electron chi connectivity index (χ1n) is 13.4. The van der Waals surface area contributed by atoms with Gasteiger partial charge in [-0.2, -0.15) is 27.8 Å². The quantitative estimate of drug-likeness (QED) is 0.246. The van der Waals surface area contributed by atoms with Gasteiger partial charge in [-0.15, -0.1) is 0 Å². The monoisotopic (exact) mass is 606 g/mol. The number of nitrogens with one attached hydrogen (secondary N) is 1. The second-order valence-corrected chi connectivity index (χ2v) is 10.6. The molecule has 0 fully saturated rings. The first-order chi connectivity index (χ1) is 20.3. The number of amides is 2. The number of benzene rings is 2. The number of carbonyl (C=O) groups excluding carboxylic acids is 2. The lowest BCUT2D eigenvalue weighted by Gasteiger charge is -2.20. The van der Waals surface area contributed by atoms with Crippen molar-refractivity contribution in [3.05, 3.63) is 58.9 Å². The van der Waals surface area contributed by atoms with E-state index in [0.717, 1.165) is 6.07 Å². The summed E-state index contributed by atoms with van der Waals surface area (Å²) in [5, 5.41) is 9.60. The number of unbranched alkanes of at least 4 members (excludes halogenated alkanes) is 1. The fourth-order valence-electron chi connectivity index (χ4n) is 4.94. The Kier molecular flexibility index (Phi) is 7.88. The SMILES string of the molecule is COc1ccc(C2=NN(CCCCOc3ccc(C4=NNC(=O)CC4)c(F)c3F)C(=O)C2(C)C)c2cc(C(F)(F)F)oc12. The van der Waals surface area contributed by atoms with Gasteiger partial charge < -0.3 is 13.9 Å². The van der Waals surface area contributed by atoms with E-state index in [2.05, 4.69) is 15.6 Å². The molecule has 1 N–H and O–H groups in total. The van der Waals surface area contributed by atoms with E-state index in [9.17, 15) is 31.5 Å². The van der Waals surface area contributed by atoms with Crippen molar-refractivity contribution in [2.45, 2.75) is 45.7 Å².